The lowest BCUT2D eigenvalue weighted by atomic mass is 10.1. The van der Waals surface area contributed by atoms with Crippen LogP contribution in [0.5, 0.6) is 0 Å². The van der Waals surface area contributed by atoms with Crippen LogP contribution >= 0.6 is 0 Å². The van der Waals surface area contributed by atoms with Crippen LogP contribution in [0.4, 0.5) is 0 Å². The second kappa shape index (κ2) is 5.94. The van der Waals surface area contributed by atoms with Gasteiger partial charge in [-0.3, -0.25) is 4.21 Å². The molecule has 78 valence electrons. The largest absolute Gasteiger partial charge is 0.309 e. The number of rotatable bonds is 5. The summed E-state index contributed by atoms with van der Waals surface area (Å²) in [6, 6.07) is 10.4. The first kappa shape index (κ1) is 11.4. The maximum absolute atomic E-state index is 11.2. The van der Waals surface area contributed by atoms with Crippen LogP contribution in [0.2, 0.25) is 0 Å². The smallest absolute Gasteiger partial charge is 0.0436 e. The van der Waals surface area contributed by atoms with Gasteiger partial charge in [-0.05, 0) is 12.1 Å². The number of hydrogen-bond donors (Lipinski definition) is 1. The Balaban J connectivity index is 2.72. The molecule has 2 atom stereocenters. The Morgan fingerprint density at radius 1 is 1.36 bits per heavy atom. The normalized spacial score (nSPS) is 15.0. The predicted molar refractivity (Wildman–Crippen MR) is 61.8 cm³/mol. The van der Waals surface area contributed by atoms with Gasteiger partial charge in [-0.1, -0.05) is 37.3 Å². The Labute approximate surface area is 88.2 Å². The van der Waals surface area contributed by atoms with Crippen LogP contribution < -0.4 is 5.32 Å². The molecule has 1 N–H and O–H groups in total. The molecule has 1 aromatic rings. The average Bonchev–Trinajstić information content (AvgIpc) is 2.18. The van der Waals surface area contributed by atoms with Gasteiger partial charge >= 0.3 is 0 Å². The van der Waals surface area contributed by atoms with Gasteiger partial charge < -0.3 is 5.32 Å². The lowest BCUT2D eigenvalue weighted by Gasteiger charge is -2.16. The van der Waals surface area contributed by atoms with E-state index in [0.29, 0.717) is 5.75 Å². The van der Waals surface area contributed by atoms with Gasteiger partial charge in [-0.2, -0.15) is 0 Å². The molecule has 0 aliphatic carbocycles. The van der Waals surface area contributed by atoms with Crippen molar-refractivity contribution in [2.45, 2.75) is 13.0 Å². The minimum atomic E-state index is -0.760. The van der Waals surface area contributed by atoms with E-state index in [4.69, 9.17) is 0 Å². The minimum absolute atomic E-state index is 0.215. The van der Waals surface area contributed by atoms with Gasteiger partial charge in [0, 0.05) is 28.9 Å². The molecule has 2 unspecified atom stereocenters. The predicted octanol–water partition coefficient (Wildman–Crippen LogP) is 1.72. The molecule has 0 aliphatic rings. The van der Waals surface area contributed by atoms with E-state index in [0.717, 1.165) is 6.54 Å². The van der Waals surface area contributed by atoms with E-state index < -0.39 is 10.8 Å². The van der Waals surface area contributed by atoms with Crippen molar-refractivity contribution in [2.75, 3.05) is 18.6 Å². The van der Waals surface area contributed by atoms with Crippen molar-refractivity contribution in [3.63, 3.8) is 0 Å². The summed E-state index contributed by atoms with van der Waals surface area (Å²) in [4.78, 5) is 0. The zero-order chi connectivity index (χ0) is 10.4. The van der Waals surface area contributed by atoms with Crippen LogP contribution in [0.1, 0.15) is 18.5 Å². The van der Waals surface area contributed by atoms with Crippen molar-refractivity contribution >= 4 is 10.8 Å². The fourth-order valence-electron chi connectivity index (χ4n) is 1.44. The van der Waals surface area contributed by atoms with Gasteiger partial charge in [0.1, 0.15) is 0 Å². The van der Waals surface area contributed by atoms with Crippen LogP contribution in [0.15, 0.2) is 30.3 Å². The maximum Gasteiger partial charge on any atom is 0.0436 e. The summed E-state index contributed by atoms with van der Waals surface area (Å²) in [5, 5.41) is 3.34. The van der Waals surface area contributed by atoms with Crippen molar-refractivity contribution in [3.05, 3.63) is 35.9 Å². The van der Waals surface area contributed by atoms with Crippen LogP contribution in [0.25, 0.3) is 0 Å². The fourth-order valence-corrected chi connectivity index (χ4v) is 2.22. The molecule has 1 rings (SSSR count). The van der Waals surface area contributed by atoms with Gasteiger partial charge in [0.15, 0.2) is 0 Å². The highest BCUT2D eigenvalue weighted by molar-refractivity contribution is 7.84. The molecule has 3 heteroatoms. The molecular weight excluding hydrogens is 194 g/mol. The third kappa shape index (κ3) is 3.60. The first-order valence-electron chi connectivity index (χ1n) is 4.82. The molecule has 0 radical (unpaired) electrons. The maximum atomic E-state index is 11.2. The van der Waals surface area contributed by atoms with E-state index in [9.17, 15) is 4.21 Å². The summed E-state index contributed by atoms with van der Waals surface area (Å²) < 4.78 is 11.2. The molecule has 2 nitrogen and oxygen atoms in total. The van der Waals surface area contributed by atoms with E-state index in [-0.39, 0.29) is 6.04 Å². The Morgan fingerprint density at radius 2 is 2.00 bits per heavy atom. The molecule has 14 heavy (non-hydrogen) atoms. The van der Waals surface area contributed by atoms with Gasteiger partial charge in [0.05, 0.1) is 0 Å². The van der Waals surface area contributed by atoms with Crippen molar-refractivity contribution in [3.8, 4) is 0 Å². The zero-order valence-corrected chi connectivity index (χ0v) is 9.51. The van der Waals surface area contributed by atoms with Crippen molar-refractivity contribution in [2.24, 2.45) is 0 Å². The number of hydrogen-bond acceptors (Lipinski definition) is 2. The first-order chi connectivity index (χ1) is 6.74. The Hall–Kier alpha value is -0.670. The van der Waals surface area contributed by atoms with E-state index in [1.165, 1.54) is 5.56 Å². The molecule has 0 fully saturated rings. The minimum Gasteiger partial charge on any atom is -0.309 e. The third-order valence-corrected chi connectivity index (χ3v) is 2.86. The molecular formula is C11H17NOS. The summed E-state index contributed by atoms with van der Waals surface area (Å²) in [5.41, 5.74) is 1.21. The van der Waals surface area contributed by atoms with E-state index in [2.05, 4.69) is 24.4 Å². The van der Waals surface area contributed by atoms with Crippen LogP contribution in [-0.4, -0.2) is 22.8 Å². The molecule has 0 saturated carbocycles. The quantitative estimate of drug-likeness (QED) is 0.803. The fraction of sp³-hybridized carbons (Fsp3) is 0.455. The van der Waals surface area contributed by atoms with E-state index in [1.54, 1.807) is 6.26 Å². The second-order valence-corrected chi connectivity index (χ2v) is 4.74. The molecule has 0 aliphatic heterocycles. The van der Waals surface area contributed by atoms with Crippen LogP contribution in [0, 0.1) is 0 Å². The van der Waals surface area contributed by atoms with Crippen LogP contribution in [0.3, 0.4) is 0 Å². The van der Waals surface area contributed by atoms with E-state index in [1.807, 2.05) is 18.2 Å². The van der Waals surface area contributed by atoms with Crippen molar-refractivity contribution in [1.82, 2.24) is 5.32 Å². The Kier molecular flexibility index (Phi) is 4.84. The van der Waals surface area contributed by atoms with E-state index >= 15 is 0 Å². The standard InChI is InChI=1S/C11H17NOS/c1-3-12-11(9-14(2)13)10-7-5-4-6-8-10/h4-8,11-12H,3,9H2,1-2H3. The SMILES string of the molecule is CCNC(CS(C)=O)c1ccccc1. The highest BCUT2D eigenvalue weighted by Crippen LogP contribution is 2.12. The summed E-state index contributed by atoms with van der Waals surface area (Å²) >= 11 is 0. The van der Waals surface area contributed by atoms with Gasteiger partial charge in [-0.15, -0.1) is 0 Å². The molecule has 0 bridgehead atoms. The molecule has 0 saturated heterocycles. The zero-order valence-electron chi connectivity index (χ0n) is 8.69. The van der Waals surface area contributed by atoms with Crippen molar-refractivity contribution < 1.29 is 4.21 Å². The van der Waals surface area contributed by atoms with Crippen molar-refractivity contribution in [1.29, 1.82) is 0 Å². The molecule has 0 amide bonds. The van der Waals surface area contributed by atoms with Gasteiger partial charge in [0.25, 0.3) is 0 Å². The third-order valence-electron chi connectivity index (χ3n) is 2.05. The molecule has 0 aromatic heterocycles. The molecule has 1 aromatic carbocycles. The Bertz CT molecular complexity index is 287. The highest BCUT2D eigenvalue weighted by Gasteiger charge is 2.10. The highest BCUT2D eigenvalue weighted by atomic mass is 32.2. The lowest BCUT2D eigenvalue weighted by molar-refractivity contribution is 0.595. The van der Waals surface area contributed by atoms with Gasteiger partial charge in [0.2, 0.25) is 0 Å². The second-order valence-electron chi connectivity index (χ2n) is 3.26. The number of benzene rings is 1. The summed E-state index contributed by atoms with van der Waals surface area (Å²) in [6.07, 6.45) is 1.74. The summed E-state index contributed by atoms with van der Waals surface area (Å²) in [7, 11) is -0.760. The topological polar surface area (TPSA) is 29.1 Å². The Morgan fingerprint density at radius 3 is 2.50 bits per heavy atom. The summed E-state index contributed by atoms with van der Waals surface area (Å²) in [5.74, 6) is 0.678. The van der Waals surface area contributed by atoms with Crippen LogP contribution in [-0.2, 0) is 10.8 Å². The number of nitrogens with one attached hydrogen (secondary N) is 1. The molecule has 0 spiro atoms. The summed E-state index contributed by atoms with van der Waals surface area (Å²) in [6.45, 7) is 2.96. The lowest BCUT2D eigenvalue weighted by Crippen LogP contribution is -2.25. The monoisotopic (exact) mass is 211 g/mol. The van der Waals surface area contributed by atoms with Gasteiger partial charge in [-0.25, -0.2) is 0 Å². The molecule has 0 heterocycles. The average molecular weight is 211 g/mol. The first-order valence-corrected chi connectivity index (χ1v) is 6.55.